The summed E-state index contributed by atoms with van der Waals surface area (Å²) in [5, 5.41) is 6.00. The van der Waals surface area contributed by atoms with Crippen LogP contribution in [0.5, 0.6) is 0 Å². The van der Waals surface area contributed by atoms with Crippen LogP contribution in [0.15, 0.2) is 42.6 Å². The minimum Gasteiger partial charge on any atom is -0.339 e. The second-order valence-electron chi connectivity index (χ2n) is 7.35. The first-order chi connectivity index (χ1) is 14.0. The highest BCUT2D eigenvalue weighted by Crippen LogP contribution is 2.32. The molecule has 1 heterocycles. The molecule has 0 saturated carbocycles. The molecular formula is C24H28ClN3O. The van der Waals surface area contributed by atoms with Crippen molar-refractivity contribution in [1.82, 2.24) is 9.88 Å². The van der Waals surface area contributed by atoms with Gasteiger partial charge in [-0.15, -0.1) is 0 Å². The monoisotopic (exact) mass is 409 g/mol. The average molecular weight is 410 g/mol. The standard InChI is InChI=1S/C24H28ClN3O/c1-5-13-28(14-6-2)24(29)19-15-26-23(18-10-7-9-16(3)22(18)19)27-21-12-8-11-20(25)17(21)4/h7-12,15H,5-6,13-14H2,1-4H3,(H,26,27). The molecule has 2 aromatic carbocycles. The number of pyridine rings is 1. The zero-order chi connectivity index (χ0) is 21.0. The molecule has 4 nitrogen and oxygen atoms in total. The molecule has 152 valence electrons. The minimum absolute atomic E-state index is 0.0472. The van der Waals surface area contributed by atoms with E-state index >= 15 is 0 Å². The van der Waals surface area contributed by atoms with Gasteiger partial charge >= 0.3 is 0 Å². The van der Waals surface area contributed by atoms with E-state index in [4.69, 9.17) is 11.6 Å². The Morgan fingerprint density at radius 1 is 1.07 bits per heavy atom. The Hall–Kier alpha value is -2.59. The number of nitrogens with zero attached hydrogens (tertiary/aromatic N) is 2. The van der Waals surface area contributed by atoms with Crippen molar-refractivity contribution in [3.63, 3.8) is 0 Å². The van der Waals surface area contributed by atoms with Crippen molar-refractivity contribution in [2.45, 2.75) is 40.5 Å². The Bertz CT molecular complexity index is 1030. The summed E-state index contributed by atoms with van der Waals surface area (Å²) in [6, 6.07) is 11.8. The number of hydrogen-bond acceptors (Lipinski definition) is 3. The zero-order valence-corrected chi connectivity index (χ0v) is 18.3. The lowest BCUT2D eigenvalue weighted by molar-refractivity contribution is 0.0757. The molecule has 0 unspecified atom stereocenters. The van der Waals surface area contributed by atoms with Gasteiger partial charge in [-0.1, -0.05) is 49.7 Å². The molecule has 0 bridgehead atoms. The molecule has 0 saturated heterocycles. The van der Waals surface area contributed by atoms with Gasteiger partial charge in [-0.25, -0.2) is 4.98 Å². The first kappa shape index (κ1) is 21.1. The van der Waals surface area contributed by atoms with Crippen LogP contribution in [0, 0.1) is 13.8 Å². The van der Waals surface area contributed by atoms with Crippen molar-refractivity contribution >= 4 is 39.8 Å². The van der Waals surface area contributed by atoms with Gasteiger partial charge in [-0.2, -0.15) is 0 Å². The minimum atomic E-state index is 0.0472. The number of carbonyl (C=O) groups is 1. The molecule has 0 radical (unpaired) electrons. The van der Waals surface area contributed by atoms with Gasteiger partial charge in [-0.05, 0) is 49.9 Å². The normalized spacial score (nSPS) is 10.9. The van der Waals surface area contributed by atoms with Crippen LogP contribution in [0.3, 0.4) is 0 Å². The molecule has 0 fully saturated rings. The second-order valence-corrected chi connectivity index (χ2v) is 7.75. The Labute approximate surface area is 177 Å². The van der Waals surface area contributed by atoms with Crippen LogP contribution in [0.25, 0.3) is 10.8 Å². The maximum absolute atomic E-state index is 13.3. The number of rotatable bonds is 7. The maximum atomic E-state index is 13.3. The third-order valence-corrected chi connectivity index (χ3v) is 5.55. The van der Waals surface area contributed by atoms with Crippen molar-refractivity contribution in [2.75, 3.05) is 18.4 Å². The SMILES string of the molecule is CCCN(CCC)C(=O)c1cnc(Nc2cccc(Cl)c2C)c2cccc(C)c12. The highest BCUT2D eigenvalue weighted by molar-refractivity contribution is 6.31. The second kappa shape index (κ2) is 9.27. The van der Waals surface area contributed by atoms with E-state index in [1.54, 1.807) is 6.20 Å². The van der Waals surface area contributed by atoms with E-state index in [1.165, 1.54) is 0 Å². The molecule has 29 heavy (non-hydrogen) atoms. The number of anilines is 2. The van der Waals surface area contributed by atoms with Gasteiger partial charge in [0, 0.05) is 40.8 Å². The lowest BCUT2D eigenvalue weighted by Crippen LogP contribution is -2.32. The number of fused-ring (bicyclic) bond motifs is 1. The van der Waals surface area contributed by atoms with Crippen molar-refractivity contribution in [3.8, 4) is 0 Å². The van der Waals surface area contributed by atoms with Crippen molar-refractivity contribution in [2.24, 2.45) is 0 Å². The summed E-state index contributed by atoms with van der Waals surface area (Å²) in [7, 11) is 0. The third-order valence-electron chi connectivity index (χ3n) is 5.15. The van der Waals surface area contributed by atoms with Gasteiger partial charge in [0.2, 0.25) is 0 Å². The van der Waals surface area contributed by atoms with Crippen LogP contribution in [-0.4, -0.2) is 28.9 Å². The maximum Gasteiger partial charge on any atom is 0.256 e. The topological polar surface area (TPSA) is 45.2 Å². The molecular weight excluding hydrogens is 382 g/mol. The molecule has 0 atom stereocenters. The van der Waals surface area contributed by atoms with Crippen molar-refractivity contribution in [1.29, 1.82) is 0 Å². The Morgan fingerprint density at radius 2 is 1.76 bits per heavy atom. The molecule has 0 aliphatic carbocycles. The fraction of sp³-hybridized carbons (Fsp3) is 0.333. The predicted molar refractivity (Wildman–Crippen MR) is 122 cm³/mol. The summed E-state index contributed by atoms with van der Waals surface area (Å²) in [5.74, 6) is 0.772. The number of nitrogens with one attached hydrogen (secondary N) is 1. The Balaban J connectivity index is 2.10. The van der Waals surface area contributed by atoms with Crippen molar-refractivity contribution < 1.29 is 4.79 Å². The fourth-order valence-electron chi connectivity index (χ4n) is 3.64. The number of aromatic nitrogens is 1. The van der Waals surface area contributed by atoms with Gasteiger partial charge in [0.05, 0.1) is 5.56 Å². The number of hydrogen-bond donors (Lipinski definition) is 1. The molecule has 1 N–H and O–H groups in total. The molecule has 3 aromatic rings. The van der Waals surface area contributed by atoms with Crippen LogP contribution >= 0.6 is 11.6 Å². The highest BCUT2D eigenvalue weighted by Gasteiger charge is 2.20. The number of aryl methyl sites for hydroxylation is 1. The first-order valence-corrected chi connectivity index (χ1v) is 10.5. The van der Waals surface area contributed by atoms with E-state index in [0.29, 0.717) is 10.6 Å². The first-order valence-electron chi connectivity index (χ1n) is 10.2. The Kier molecular flexibility index (Phi) is 6.75. The summed E-state index contributed by atoms with van der Waals surface area (Å²) >= 11 is 6.27. The molecule has 3 rings (SSSR count). The van der Waals surface area contributed by atoms with Crippen LogP contribution in [-0.2, 0) is 0 Å². The number of benzene rings is 2. The van der Waals surface area contributed by atoms with E-state index in [1.807, 2.05) is 55.1 Å². The largest absolute Gasteiger partial charge is 0.339 e. The quantitative estimate of drug-likeness (QED) is 0.483. The molecule has 1 amide bonds. The van der Waals surface area contributed by atoms with E-state index in [2.05, 4.69) is 24.1 Å². The number of amides is 1. The molecule has 0 aliphatic rings. The van der Waals surface area contributed by atoms with Crippen LogP contribution in [0.1, 0.15) is 48.2 Å². The van der Waals surface area contributed by atoms with Crippen molar-refractivity contribution in [3.05, 3.63) is 64.3 Å². The lowest BCUT2D eigenvalue weighted by Gasteiger charge is -2.23. The van der Waals surface area contributed by atoms with E-state index in [9.17, 15) is 4.79 Å². The summed E-state index contributed by atoms with van der Waals surface area (Å²) < 4.78 is 0. The van der Waals surface area contributed by atoms with E-state index in [0.717, 1.165) is 59.3 Å². The molecule has 1 aromatic heterocycles. The van der Waals surface area contributed by atoms with Gasteiger partial charge in [0.1, 0.15) is 5.82 Å². The van der Waals surface area contributed by atoms with Gasteiger partial charge in [-0.3, -0.25) is 4.79 Å². The van der Waals surface area contributed by atoms with Gasteiger partial charge in [0.25, 0.3) is 5.91 Å². The van der Waals surface area contributed by atoms with E-state index < -0.39 is 0 Å². The highest BCUT2D eigenvalue weighted by atomic mass is 35.5. The summed E-state index contributed by atoms with van der Waals surface area (Å²) in [6.45, 7) is 9.71. The molecule has 0 spiro atoms. The summed E-state index contributed by atoms with van der Waals surface area (Å²) in [6.07, 6.45) is 3.58. The predicted octanol–water partition coefficient (Wildman–Crippen LogP) is 6.51. The Morgan fingerprint density at radius 3 is 2.45 bits per heavy atom. The van der Waals surface area contributed by atoms with Gasteiger partial charge in [0.15, 0.2) is 0 Å². The summed E-state index contributed by atoms with van der Waals surface area (Å²) in [5.41, 5.74) is 3.60. The third kappa shape index (κ3) is 4.38. The number of carbonyl (C=O) groups excluding carboxylic acids is 1. The molecule has 0 aliphatic heterocycles. The average Bonchev–Trinajstić information content (AvgIpc) is 2.71. The van der Waals surface area contributed by atoms with Gasteiger partial charge < -0.3 is 10.2 Å². The lowest BCUT2D eigenvalue weighted by atomic mass is 10.0. The smallest absolute Gasteiger partial charge is 0.256 e. The van der Waals surface area contributed by atoms with Crippen LogP contribution in [0.4, 0.5) is 11.5 Å². The van der Waals surface area contributed by atoms with Crippen LogP contribution in [0.2, 0.25) is 5.02 Å². The molecule has 5 heteroatoms. The number of halogens is 1. The zero-order valence-electron chi connectivity index (χ0n) is 17.6. The van der Waals surface area contributed by atoms with Crippen LogP contribution < -0.4 is 5.32 Å². The summed E-state index contributed by atoms with van der Waals surface area (Å²) in [4.78, 5) is 19.9. The fourth-order valence-corrected chi connectivity index (χ4v) is 3.82. The van der Waals surface area contributed by atoms with E-state index in [-0.39, 0.29) is 5.91 Å².